The third-order valence-electron chi connectivity index (χ3n) is 4.16. The lowest BCUT2D eigenvalue weighted by Gasteiger charge is -2.04. The molecule has 130 valence electrons. The van der Waals surface area contributed by atoms with Crippen LogP contribution in [0.2, 0.25) is 0 Å². The maximum atomic E-state index is 4.49. The van der Waals surface area contributed by atoms with Crippen LogP contribution >= 0.6 is 0 Å². The van der Waals surface area contributed by atoms with Crippen LogP contribution in [0.15, 0.2) is 83.4 Å². The van der Waals surface area contributed by atoms with Crippen LogP contribution in [0.5, 0.6) is 0 Å². The van der Waals surface area contributed by atoms with Gasteiger partial charge in [0.25, 0.3) is 0 Å². The molecule has 0 aromatic heterocycles. The van der Waals surface area contributed by atoms with E-state index in [1.54, 1.807) is 0 Å². The fourth-order valence-corrected chi connectivity index (χ4v) is 2.70. The van der Waals surface area contributed by atoms with Gasteiger partial charge in [-0.25, -0.2) is 0 Å². The first-order valence-electron chi connectivity index (χ1n) is 9.23. The molecule has 2 aromatic rings. The van der Waals surface area contributed by atoms with Gasteiger partial charge in [0.15, 0.2) is 0 Å². The smallest absolute Gasteiger partial charge is 0.0389 e. The Morgan fingerprint density at radius 1 is 0.880 bits per heavy atom. The summed E-state index contributed by atoms with van der Waals surface area (Å²) in [6, 6.07) is 19.5. The molecule has 0 aliphatic carbocycles. The zero-order valence-electron chi connectivity index (χ0n) is 15.5. The molecule has 0 unspecified atom stereocenters. The first kappa shape index (κ1) is 18.9. The van der Waals surface area contributed by atoms with Crippen LogP contribution in [0.25, 0.3) is 11.1 Å². The largest absolute Gasteiger partial charge is 0.293 e. The summed E-state index contributed by atoms with van der Waals surface area (Å²) in [4.78, 5) is 4.49. The molecular formula is C24H29N. The second kappa shape index (κ2) is 11.2. The first-order chi connectivity index (χ1) is 12.3. The maximum Gasteiger partial charge on any atom is 0.0389 e. The van der Waals surface area contributed by atoms with Crippen molar-refractivity contribution in [2.24, 2.45) is 4.99 Å². The quantitative estimate of drug-likeness (QED) is 0.277. The molecule has 2 aromatic carbocycles. The molecule has 0 heterocycles. The van der Waals surface area contributed by atoms with E-state index in [0.29, 0.717) is 0 Å². The maximum absolute atomic E-state index is 4.49. The molecule has 1 heteroatoms. The molecule has 0 bridgehead atoms. The minimum Gasteiger partial charge on any atom is -0.293 e. The Labute approximate surface area is 152 Å². The van der Waals surface area contributed by atoms with Gasteiger partial charge in [-0.05, 0) is 55.4 Å². The van der Waals surface area contributed by atoms with Crippen LogP contribution in [0, 0.1) is 0 Å². The SMILES string of the molecule is C/C=C\C=C(\C)C=NCCCCCc1ccc(-c2ccccc2)cc1. The van der Waals surface area contributed by atoms with Crippen LogP contribution in [0.3, 0.4) is 0 Å². The van der Waals surface area contributed by atoms with Crippen LogP contribution in [-0.4, -0.2) is 12.8 Å². The zero-order valence-corrected chi connectivity index (χ0v) is 15.5. The van der Waals surface area contributed by atoms with Crippen LogP contribution in [0.1, 0.15) is 38.7 Å². The van der Waals surface area contributed by atoms with E-state index >= 15 is 0 Å². The van der Waals surface area contributed by atoms with Gasteiger partial charge in [0.1, 0.15) is 0 Å². The summed E-state index contributed by atoms with van der Waals surface area (Å²) in [5.41, 5.74) is 5.20. The van der Waals surface area contributed by atoms with Crippen molar-refractivity contribution in [2.45, 2.75) is 39.5 Å². The minimum atomic E-state index is 0.925. The molecule has 0 aliphatic heterocycles. The first-order valence-corrected chi connectivity index (χ1v) is 9.23. The van der Waals surface area contributed by atoms with Crippen molar-refractivity contribution in [1.29, 1.82) is 0 Å². The summed E-state index contributed by atoms with van der Waals surface area (Å²) in [6.45, 7) is 5.03. The predicted octanol–water partition coefficient (Wildman–Crippen LogP) is 6.66. The normalized spacial score (nSPS) is 12.3. The van der Waals surface area contributed by atoms with E-state index in [1.165, 1.54) is 35.1 Å². The Morgan fingerprint density at radius 3 is 2.32 bits per heavy atom. The van der Waals surface area contributed by atoms with E-state index in [0.717, 1.165) is 19.4 Å². The highest BCUT2D eigenvalue weighted by molar-refractivity contribution is 5.78. The Kier molecular flexibility index (Phi) is 8.48. The molecule has 0 atom stereocenters. The Hall–Kier alpha value is -2.41. The van der Waals surface area contributed by atoms with Crippen molar-refractivity contribution < 1.29 is 0 Å². The van der Waals surface area contributed by atoms with Gasteiger partial charge in [-0.1, -0.05) is 79.2 Å². The highest BCUT2D eigenvalue weighted by Crippen LogP contribution is 2.19. The van der Waals surface area contributed by atoms with Gasteiger partial charge < -0.3 is 0 Å². The fourth-order valence-electron chi connectivity index (χ4n) is 2.70. The molecule has 2 rings (SSSR count). The lowest BCUT2D eigenvalue weighted by Crippen LogP contribution is -1.89. The Bertz CT molecular complexity index is 691. The van der Waals surface area contributed by atoms with E-state index in [1.807, 2.05) is 25.3 Å². The molecule has 0 spiro atoms. The molecular weight excluding hydrogens is 302 g/mol. The monoisotopic (exact) mass is 331 g/mol. The Balaban J connectivity index is 1.66. The zero-order chi connectivity index (χ0) is 17.7. The van der Waals surface area contributed by atoms with E-state index in [2.05, 4.69) is 72.6 Å². The predicted molar refractivity (Wildman–Crippen MR) is 111 cm³/mol. The molecule has 0 fully saturated rings. The van der Waals surface area contributed by atoms with E-state index in [9.17, 15) is 0 Å². The standard InChI is InChI=1S/C24H29N/c1-3-4-11-21(2)20-25-19-10-6-7-12-22-15-17-24(18-16-22)23-13-8-5-9-14-23/h3-5,8-9,11,13-18,20H,6-7,10,12,19H2,1-2H3/b4-3-,21-11-,25-20?. The van der Waals surface area contributed by atoms with E-state index in [-0.39, 0.29) is 0 Å². The van der Waals surface area contributed by atoms with Crippen LogP contribution in [-0.2, 0) is 6.42 Å². The lowest BCUT2D eigenvalue weighted by atomic mass is 10.0. The second-order valence-electron chi connectivity index (χ2n) is 6.35. The van der Waals surface area contributed by atoms with Crippen molar-refractivity contribution in [3.05, 3.63) is 84.0 Å². The van der Waals surface area contributed by atoms with Gasteiger partial charge >= 0.3 is 0 Å². The minimum absolute atomic E-state index is 0.925. The number of hydrogen-bond donors (Lipinski definition) is 0. The molecule has 0 amide bonds. The number of benzene rings is 2. The summed E-state index contributed by atoms with van der Waals surface area (Å²) in [6.07, 6.45) is 12.9. The highest BCUT2D eigenvalue weighted by atomic mass is 14.7. The third-order valence-corrected chi connectivity index (χ3v) is 4.16. The van der Waals surface area contributed by atoms with Crippen molar-refractivity contribution in [3.63, 3.8) is 0 Å². The summed E-state index contributed by atoms with van der Waals surface area (Å²) in [5, 5.41) is 0. The van der Waals surface area contributed by atoms with Crippen molar-refractivity contribution >= 4 is 6.21 Å². The summed E-state index contributed by atoms with van der Waals surface area (Å²) >= 11 is 0. The molecule has 0 N–H and O–H groups in total. The average Bonchev–Trinajstić information content (AvgIpc) is 2.67. The summed E-state index contributed by atoms with van der Waals surface area (Å²) < 4.78 is 0. The number of aryl methyl sites for hydroxylation is 1. The topological polar surface area (TPSA) is 12.4 Å². The average molecular weight is 332 g/mol. The number of nitrogens with zero attached hydrogens (tertiary/aromatic N) is 1. The number of aliphatic imine (C=N–C) groups is 1. The molecule has 0 aliphatic rings. The number of allylic oxidation sites excluding steroid dienone is 4. The van der Waals surface area contributed by atoms with Crippen LogP contribution < -0.4 is 0 Å². The second-order valence-corrected chi connectivity index (χ2v) is 6.35. The molecule has 25 heavy (non-hydrogen) atoms. The fraction of sp³-hybridized carbons (Fsp3) is 0.292. The van der Waals surface area contributed by atoms with Gasteiger partial charge in [0.2, 0.25) is 0 Å². The van der Waals surface area contributed by atoms with E-state index in [4.69, 9.17) is 0 Å². The van der Waals surface area contributed by atoms with Crippen LogP contribution in [0.4, 0.5) is 0 Å². The molecule has 1 nitrogen and oxygen atoms in total. The molecule has 0 radical (unpaired) electrons. The van der Waals surface area contributed by atoms with Gasteiger partial charge in [-0.15, -0.1) is 0 Å². The van der Waals surface area contributed by atoms with Gasteiger partial charge in [-0.2, -0.15) is 0 Å². The van der Waals surface area contributed by atoms with Gasteiger partial charge in [-0.3, -0.25) is 4.99 Å². The third kappa shape index (κ3) is 7.34. The highest BCUT2D eigenvalue weighted by Gasteiger charge is 1.98. The van der Waals surface area contributed by atoms with Gasteiger partial charge in [0.05, 0.1) is 0 Å². The van der Waals surface area contributed by atoms with Gasteiger partial charge in [0, 0.05) is 12.8 Å². The number of unbranched alkanes of at least 4 members (excludes halogenated alkanes) is 2. The summed E-state index contributed by atoms with van der Waals surface area (Å²) in [5.74, 6) is 0. The number of hydrogen-bond acceptors (Lipinski definition) is 1. The molecule has 0 saturated carbocycles. The van der Waals surface area contributed by atoms with Crippen molar-refractivity contribution in [3.8, 4) is 11.1 Å². The van der Waals surface area contributed by atoms with Crippen molar-refractivity contribution in [1.82, 2.24) is 0 Å². The summed E-state index contributed by atoms with van der Waals surface area (Å²) in [7, 11) is 0. The van der Waals surface area contributed by atoms with E-state index < -0.39 is 0 Å². The lowest BCUT2D eigenvalue weighted by molar-refractivity contribution is 0.688. The Morgan fingerprint density at radius 2 is 1.60 bits per heavy atom. The van der Waals surface area contributed by atoms with Crippen molar-refractivity contribution in [2.75, 3.05) is 6.54 Å². The molecule has 0 saturated heterocycles. The number of rotatable bonds is 9.